The van der Waals surface area contributed by atoms with Crippen molar-refractivity contribution in [2.24, 2.45) is 0 Å². The number of hydrogen-bond acceptors (Lipinski definition) is 5. The monoisotopic (exact) mass is 308 g/mol. The van der Waals surface area contributed by atoms with Gasteiger partial charge < -0.3 is 10.2 Å². The molecule has 2 aliphatic rings. The molecule has 3 rings (SSSR count). The van der Waals surface area contributed by atoms with Crippen LogP contribution in [0.25, 0.3) is 0 Å². The summed E-state index contributed by atoms with van der Waals surface area (Å²) in [6.07, 6.45) is 0. The average Bonchev–Trinajstić information content (AvgIpc) is 2.88. The number of thioether (sulfide) groups is 2. The number of nitrogens with zero attached hydrogens (tertiary/aromatic N) is 1. The number of hydrogen-bond donors (Lipinski definition) is 1. The Morgan fingerprint density at radius 2 is 2.16 bits per heavy atom. The number of carbonyl (C=O) groups excluding carboxylic acids is 1. The fourth-order valence-corrected chi connectivity index (χ4v) is 4.54. The van der Waals surface area contributed by atoms with Crippen molar-refractivity contribution in [1.29, 1.82) is 0 Å². The zero-order valence-electron chi connectivity index (χ0n) is 10.5. The van der Waals surface area contributed by atoms with Crippen molar-refractivity contribution in [3.8, 4) is 0 Å². The number of benzene rings is 1. The van der Waals surface area contributed by atoms with Gasteiger partial charge in [0.25, 0.3) is 5.91 Å². The maximum atomic E-state index is 11.9. The van der Waals surface area contributed by atoms with E-state index in [4.69, 9.17) is 12.2 Å². The second-order valence-electron chi connectivity index (χ2n) is 4.30. The molecule has 2 aliphatic heterocycles. The number of carbonyl (C=O) groups is 1. The van der Waals surface area contributed by atoms with Gasteiger partial charge in [0.05, 0.1) is 5.69 Å². The Balaban J connectivity index is 2.09. The minimum Gasteiger partial charge on any atom is -0.334 e. The van der Waals surface area contributed by atoms with Crippen LogP contribution in [0.1, 0.15) is 12.5 Å². The van der Waals surface area contributed by atoms with Crippen molar-refractivity contribution < 1.29 is 4.79 Å². The van der Waals surface area contributed by atoms with Crippen LogP contribution in [0, 0.1) is 6.92 Å². The van der Waals surface area contributed by atoms with Crippen molar-refractivity contribution in [3.63, 3.8) is 0 Å². The van der Waals surface area contributed by atoms with E-state index in [1.54, 1.807) is 11.8 Å². The molecule has 0 atom stereocenters. The Labute approximate surface area is 125 Å². The lowest BCUT2D eigenvalue weighted by Crippen LogP contribution is -2.22. The Morgan fingerprint density at radius 1 is 1.37 bits per heavy atom. The minimum absolute atomic E-state index is 0.0829. The fraction of sp³-hybridized carbons (Fsp3) is 0.231. The van der Waals surface area contributed by atoms with E-state index in [-0.39, 0.29) is 5.91 Å². The highest BCUT2D eigenvalue weighted by Gasteiger charge is 2.33. The van der Waals surface area contributed by atoms with E-state index in [0.717, 1.165) is 11.6 Å². The number of anilines is 1. The van der Waals surface area contributed by atoms with E-state index < -0.39 is 0 Å². The highest BCUT2D eigenvalue weighted by Crippen LogP contribution is 2.49. The third-order valence-electron chi connectivity index (χ3n) is 2.98. The smallest absolute Gasteiger partial charge is 0.266 e. The lowest BCUT2D eigenvalue weighted by molar-refractivity contribution is -0.115. The van der Waals surface area contributed by atoms with Gasteiger partial charge in [-0.3, -0.25) is 4.79 Å². The SMILES string of the molecule is CCN1/C(=C2\SC(=S)NC2=O)Sc2ccc(C)cc21. The van der Waals surface area contributed by atoms with Gasteiger partial charge in [-0.25, -0.2) is 0 Å². The molecule has 1 amide bonds. The summed E-state index contributed by atoms with van der Waals surface area (Å²) in [4.78, 5) is 16.0. The van der Waals surface area contributed by atoms with Gasteiger partial charge in [0.1, 0.15) is 14.3 Å². The van der Waals surface area contributed by atoms with Gasteiger partial charge in [0.2, 0.25) is 0 Å². The van der Waals surface area contributed by atoms with Crippen LogP contribution in [0.3, 0.4) is 0 Å². The third-order valence-corrected chi connectivity index (χ3v) is 5.52. The van der Waals surface area contributed by atoms with Crippen LogP contribution >= 0.6 is 35.7 Å². The quantitative estimate of drug-likeness (QED) is 0.636. The summed E-state index contributed by atoms with van der Waals surface area (Å²) in [5.74, 6) is -0.0829. The van der Waals surface area contributed by atoms with E-state index >= 15 is 0 Å². The molecule has 0 bridgehead atoms. The first-order chi connectivity index (χ1) is 9.10. The van der Waals surface area contributed by atoms with Crippen LogP contribution in [0.2, 0.25) is 0 Å². The average molecular weight is 308 g/mol. The second-order valence-corrected chi connectivity index (χ2v) is 7.01. The standard InChI is InChI=1S/C13H12N2OS3/c1-3-15-8-6-7(2)4-5-9(8)18-12(15)10-11(16)14-13(17)19-10/h4-6H,3H2,1-2H3,(H,14,16,17)/b12-10+. The van der Waals surface area contributed by atoms with Gasteiger partial charge >= 0.3 is 0 Å². The maximum absolute atomic E-state index is 11.9. The minimum atomic E-state index is -0.0829. The summed E-state index contributed by atoms with van der Waals surface area (Å²) < 4.78 is 0.538. The van der Waals surface area contributed by atoms with Crippen molar-refractivity contribution in [3.05, 3.63) is 33.7 Å². The van der Waals surface area contributed by atoms with Crippen LogP contribution < -0.4 is 10.2 Å². The maximum Gasteiger partial charge on any atom is 0.266 e. The van der Waals surface area contributed by atoms with Crippen molar-refractivity contribution >= 4 is 51.7 Å². The number of amides is 1. The molecule has 0 saturated carbocycles. The van der Waals surface area contributed by atoms with Crippen LogP contribution in [0.4, 0.5) is 5.69 Å². The molecule has 0 aliphatic carbocycles. The van der Waals surface area contributed by atoms with Crippen LogP contribution in [0.5, 0.6) is 0 Å². The molecule has 1 saturated heterocycles. The van der Waals surface area contributed by atoms with E-state index in [9.17, 15) is 4.79 Å². The highest BCUT2D eigenvalue weighted by atomic mass is 32.2. The molecular weight excluding hydrogens is 296 g/mol. The largest absolute Gasteiger partial charge is 0.334 e. The van der Waals surface area contributed by atoms with Gasteiger partial charge in [-0.05, 0) is 31.5 Å². The van der Waals surface area contributed by atoms with E-state index in [1.165, 1.54) is 27.9 Å². The van der Waals surface area contributed by atoms with E-state index in [1.807, 2.05) is 0 Å². The Kier molecular flexibility index (Phi) is 3.32. The Hall–Kier alpha value is -0.980. The molecule has 1 N–H and O–H groups in total. The molecular formula is C13H12N2OS3. The predicted octanol–water partition coefficient (Wildman–Crippen LogP) is 3.24. The lowest BCUT2D eigenvalue weighted by atomic mass is 10.2. The Morgan fingerprint density at radius 3 is 2.79 bits per heavy atom. The topological polar surface area (TPSA) is 32.3 Å². The summed E-state index contributed by atoms with van der Waals surface area (Å²) in [6, 6.07) is 6.37. The molecule has 1 fully saturated rings. The molecule has 0 aromatic heterocycles. The fourth-order valence-electron chi connectivity index (χ4n) is 2.13. The number of rotatable bonds is 1. The van der Waals surface area contributed by atoms with Gasteiger partial charge in [-0.15, -0.1) is 0 Å². The molecule has 6 heteroatoms. The normalized spacial score (nSPS) is 21.9. The number of thiocarbonyl (C=S) groups is 1. The second kappa shape index (κ2) is 4.85. The molecule has 1 aromatic rings. The van der Waals surface area contributed by atoms with Crippen LogP contribution in [-0.4, -0.2) is 16.8 Å². The molecule has 3 nitrogen and oxygen atoms in total. The van der Waals surface area contributed by atoms with Crippen molar-refractivity contribution in [2.45, 2.75) is 18.7 Å². The Bertz CT molecular complexity index is 624. The predicted molar refractivity (Wildman–Crippen MR) is 85.4 cm³/mol. The van der Waals surface area contributed by atoms with Gasteiger partial charge in [0, 0.05) is 11.4 Å². The highest BCUT2D eigenvalue weighted by molar-refractivity contribution is 8.27. The molecule has 19 heavy (non-hydrogen) atoms. The van der Waals surface area contributed by atoms with Crippen LogP contribution in [0.15, 0.2) is 33.0 Å². The summed E-state index contributed by atoms with van der Waals surface area (Å²) in [6.45, 7) is 5.01. The van der Waals surface area contributed by atoms with E-state index in [0.29, 0.717) is 9.23 Å². The molecule has 0 radical (unpaired) electrons. The van der Waals surface area contributed by atoms with Crippen molar-refractivity contribution in [2.75, 3.05) is 11.4 Å². The zero-order valence-corrected chi connectivity index (χ0v) is 13.0. The molecule has 0 spiro atoms. The number of fused-ring (bicyclic) bond motifs is 1. The lowest BCUT2D eigenvalue weighted by Gasteiger charge is -2.19. The number of nitrogens with one attached hydrogen (secondary N) is 1. The van der Waals surface area contributed by atoms with Gasteiger partial charge in [-0.2, -0.15) is 0 Å². The molecule has 98 valence electrons. The summed E-state index contributed by atoms with van der Waals surface area (Å²) in [7, 11) is 0. The first kappa shape index (κ1) is 13.0. The van der Waals surface area contributed by atoms with Crippen molar-refractivity contribution in [1.82, 2.24) is 5.32 Å². The summed E-state index contributed by atoms with van der Waals surface area (Å²) in [5, 5.41) is 3.68. The molecule has 2 heterocycles. The zero-order chi connectivity index (χ0) is 13.6. The molecule has 1 aromatic carbocycles. The molecule has 0 unspecified atom stereocenters. The van der Waals surface area contributed by atoms with Gasteiger partial charge in [0.15, 0.2) is 0 Å². The first-order valence-electron chi connectivity index (χ1n) is 5.93. The van der Waals surface area contributed by atoms with Crippen LogP contribution in [-0.2, 0) is 4.79 Å². The van der Waals surface area contributed by atoms with E-state index in [2.05, 4.69) is 42.3 Å². The van der Waals surface area contributed by atoms with Gasteiger partial charge in [-0.1, -0.05) is 41.8 Å². The third kappa shape index (κ3) is 2.17. The summed E-state index contributed by atoms with van der Waals surface area (Å²) >= 11 is 8.06. The summed E-state index contributed by atoms with van der Waals surface area (Å²) in [5.41, 5.74) is 2.41. The first-order valence-corrected chi connectivity index (χ1v) is 7.97. The number of aryl methyl sites for hydroxylation is 1.